The first-order valence-electron chi connectivity index (χ1n) is 22.1. The maximum atomic E-state index is 6.85. The Morgan fingerprint density at radius 3 is 1.88 bits per heavy atom. The summed E-state index contributed by atoms with van der Waals surface area (Å²) in [5.74, 6) is 3.32. The highest BCUT2D eigenvalue weighted by molar-refractivity contribution is 6.11. The first-order chi connectivity index (χ1) is 31.7. The van der Waals surface area contributed by atoms with Crippen LogP contribution >= 0.6 is 0 Å². The van der Waals surface area contributed by atoms with Crippen molar-refractivity contribution >= 4 is 39.0 Å². The van der Waals surface area contributed by atoms with Crippen molar-refractivity contribution in [2.45, 2.75) is 18.8 Å². The number of fused-ring (bicyclic) bond motifs is 6. The van der Waals surface area contributed by atoms with E-state index in [1.54, 1.807) is 0 Å². The Kier molecular flexibility index (Phi) is 9.87. The zero-order valence-corrected chi connectivity index (χ0v) is 35.7. The number of hydrogen-bond acceptors (Lipinski definition) is 2. The fraction of sp³-hybridized carbons (Fsp3) is 0.0645. The second-order valence-electron chi connectivity index (χ2n) is 16.6. The van der Waals surface area contributed by atoms with Crippen molar-refractivity contribution in [2.75, 3.05) is 4.90 Å². The highest BCUT2D eigenvalue weighted by atomic mass is 16.3. The third kappa shape index (κ3) is 6.28. The fourth-order valence-electron chi connectivity index (χ4n) is 10.4. The van der Waals surface area contributed by atoms with Crippen molar-refractivity contribution in [1.29, 1.82) is 0 Å². The van der Waals surface area contributed by atoms with Gasteiger partial charge in [0.2, 0.25) is 0 Å². The first-order valence-corrected chi connectivity index (χ1v) is 22.1. The number of terminal acetylenes is 1. The standard InChI is InChI=1S/C62H45NO/c1-3-5-24-47(4-2)62(48-25-13-8-14-26-48)56-31-17-15-28-55(56)59-57(42-41-52(60(59)62)54-30-19-29-53-51-27-16-18-32-58(51)64-61(53)54)63(49-37-33-45(34-38-49)43-20-9-6-10-21-43)50-39-35-46(36-40-50)44-22-11-7-12-23-44/h2-3,5-25,27-42,48H,26H2,1H3/b5-3-,47-24+. The highest BCUT2D eigenvalue weighted by Gasteiger charge is 2.52. The maximum Gasteiger partial charge on any atom is 0.143 e. The smallest absolute Gasteiger partial charge is 0.143 e. The number of benzene rings is 8. The summed E-state index contributed by atoms with van der Waals surface area (Å²) in [6.45, 7) is 2.05. The van der Waals surface area contributed by atoms with E-state index >= 15 is 0 Å². The Morgan fingerprint density at radius 1 is 0.609 bits per heavy atom. The molecule has 2 aliphatic rings. The van der Waals surface area contributed by atoms with Crippen LogP contribution in [0.15, 0.2) is 241 Å². The molecule has 2 aliphatic carbocycles. The van der Waals surface area contributed by atoms with Crippen molar-refractivity contribution in [3.05, 3.63) is 247 Å². The van der Waals surface area contributed by atoms with E-state index in [1.165, 1.54) is 27.8 Å². The number of nitrogens with zero attached hydrogens (tertiary/aromatic N) is 1. The first kappa shape index (κ1) is 38.8. The van der Waals surface area contributed by atoms with E-state index in [2.05, 4.69) is 235 Å². The molecule has 0 N–H and O–H groups in total. The highest BCUT2D eigenvalue weighted by Crippen LogP contribution is 2.63. The van der Waals surface area contributed by atoms with Crippen LogP contribution in [0, 0.1) is 18.3 Å². The number of rotatable bonds is 9. The molecule has 1 aromatic heterocycles. The van der Waals surface area contributed by atoms with Gasteiger partial charge in [0.1, 0.15) is 11.2 Å². The zero-order valence-electron chi connectivity index (χ0n) is 35.7. The summed E-state index contributed by atoms with van der Waals surface area (Å²) in [4.78, 5) is 2.43. The average molecular weight is 820 g/mol. The lowest BCUT2D eigenvalue weighted by molar-refractivity contribution is 0.460. The molecule has 0 saturated heterocycles. The van der Waals surface area contributed by atoms with Crippen LogP contribution in [0.3, 0.4) is 0 Å². The molecule has 0 radical (unpaired) electrons. The second-order valence-corrected chi connectivity index (χ2v) is 16.6. The Labute approximate surface area is 375 Å². The minimum atomic E-state index is -0.735. The van der Waals surface area contributed by atoms with Gasteiger partial charge in [-0.25, -0.2) is 0 Å². The largest absolute Gasteiger partial charge is 0.455 e. The lowest BCUT2D eigenvalue weighted by Gasteiger charge is -2.41. The van der Waals surface area contributed by atoms with E-state index in [0.717, 1.165) is 78.8 Å². The topological polar surface area (TPSA) is 16.4 Å². The molecule has 0 fully saturated rings. The van der Waals surface area contributed by atoms with Crippen LogP contribution in [0.2, 0.25) is 0 Å². The van der Waals surface area contributed by atoms with E-state index in [1.807, 2.05) is 13.0 Å². The van der Waals surface area contributed by atoms with Crippen molar-refractivity contribution in [3.8, 4) is 56.9 Å². The van der Waals surface area contributed by atoms with Crippen LogP contribution in [-0.2, 0) is 5.41 Å². The molecule has 9 aromatic rings. The minimum absolute atomic E-state index is 0.0140. The van der Waals surface area contributed by atoms with E-state index < -0.39 is 5.41 Å². The number of hydrogen-bond donors (Lipinski definition) is 0. The fourth-order valence-corrected chi connectivity index (χ4v) is 10.4. The molecule has 64 heavy (non-hydrogen) atoms. The monoisotopic (exact) mass is 819 g/mol. The van der Waals surface area contributed by atoms with Crippen LogP contribution in [0.5, 0.6) is 0 Å². The van der Waals surface area contributed by atoms with Gasteiger partial charge in [-0.1, -0.05) is 194 Å². The molecule has 0 amide bonds. The molecule has 2 heteroatoms. The van der Waals surface area contributed by atoms with Gasteiger partial charge in [0.15, 0.2) is 0 Å². The molecule has 11 rings (SSSR count). The summed E-state index contributed by atoms with van der Waals surface area (Å²) < 4.78 is 6.85. The Bertz CT molecular complexity index is 3270. The molecule has 0 aliphatic heterocycles. The van der Waals surface area contributed by atoms with Crippen LogP contribution in [-0.4, -0.2) is 0 Å². The van der Waals surface area contributed by atoms with Crippen LogP contribution in [0.25, 0.3) is 66.4 Å². The molecule has 8 aromatic carbocycles. The summed E-state index contributed by atoms with van der Waals surface area (Å²) in [5, 5.41) is 2.19. The van der Waals surface area contributed by atoms with Crippen LogP contribution in [0.4, 0.5) is 17.1 Å². The quantitative estimate of drug-likeness (QED) is 0.107. The van der Waals surface area contributed by atoms with Gasteiger partial charge in [0.25, 0.3) is 0 Å². The molecular formula is C62H45NO. The molecule has 2 atom stereocenters. The van der Waals surface area contributed by atoms with Gasteiger partial charge in [-0.05, 0) is 106 Å². The summed E-state index contributed by atoms with van der Waals surface area (Å²) in [5.41, 5.74) is 16.6. The van der Waals surface area contributed by atoms with Gasteiger partial charge in [0.05, 0.1) is 11.1 Å². The van der Waals surface area contributed by atoms with Crippen LogP contribution < -0.4 is 4.90 Å². The summed E-state index contributed by atoms with van der Waals surface area (Å²) in [6, 6.07) is 67.6. The number of allylic oxidation sites excluding steroid dienone is 8. The maximum absolute atomic E-state index is 6.85. The lowest BCUT2D eigenvalue weighted by Crippen LogP contribution is -2.36. The van der Waals surface area contributed by atoms with Gasteiger partial charge in [-0.3, -0.25) is 0 Å². The Balaban J connectivity index is 1.25. The normalized spacial score (nSPS) is 16.6. The van der Waals surface area contributed by atoms with Crippen molar-refractivity contribution < 1.29 is 4.42 Å². The average Bonchev–Trinajstić information content (AvgIpc) is 3.91. The summed E-state index contributed by atoms with van der Waals surface area (Å²) in [6.07, 6.45) is 23.0. The van der Waals surface area contributed by atoms with Gasteiger partial charge >= 0.3 is 0 Å². The van der Waals surface area contributed by atoms with Gasteiger partial charge < -0.3 is 9.32 Å². The van der Waals surface area contributed by atoms with Crippen molar-refractivity contribution in [3.63, 3.8) is 0 Å². The lowest BCUT2D eigenvalue weighted by atomic mass is 9.60. The molecule has 0 spiro atoms. The SMILES string of the molecule is C#C/C(=C\C=C/C)C1(C2C=CC=CC2)c2ccccc2-c2c(N(c3ccc(-c4ccccc4)cc3)c3ccc(-c4ccccc4)cc3)ccc(-c3cccc4c3oc3ccccc34)c21. The predicted molar refractivity (Wildman–Crippen MR) is 269 cm³/mol. The number of anilines is 3. The summed E-state index contributed by atoms with van der Waals surface area (Å²) >= 11 is 0. The van der Waals surface area contributed by atoms with E-state index in [9.17, 15) is 0 Å². The molecule has 1 heterocycles. The van der Waals surface area contributed by atoms with Gasteiger partial charge in [0, 0.05) is 38.8 Å². The zero-order chi connectivity index (χ0) is 43.0. The van der Waals surface area contributed by atoms with Crippen molar-refractivity contribution in [2.24, 2.45) is 5.92 Å². The van der Waals surface area contributed by atoms with E-state index in [0.29, 0.717) is 0 Å². The molecular weight excluding hydrogens is 775 g/mol. The van der Waals surface area contributed by atoms with E-state index in [-0.39, 0.29) is 5.92 Å². The molecule has 304 valence electrons. The third-order valence-electron chi connectivity index (χ3n) is 13.2. The molecule has 0 bridgehead atoms. The van der Waals surface area contributed by atoms with Gasteiger partial charge in [-0.2, -0.15) is 0 Å². The number of furan rings is 1. The number of para-hydroxylation sites is 2. The minimum Gasteiger partial charge on any atom is -0.455 e. The predicted octanol–water partition coefficient (Wildman–Crippen LogP) is 16.6. The molecule has 0 saturated carbocycles. The third-order valence-corrected chi connectivity index (χ3v) is 13.2. The summed E-state index contributed by atoms with van der Waals surface area (Å²) in [7, 11) is 0. The Hall–Kier alpha value is -8.12. The Morgan fingerprint density at radius 2 is 1.22 bits per heavy atom. The molecule has 2 nitrogen and oxygen atoms in total. The van der Waals surface area contributed by atoms with Crippen molar-refractivity contribution in [1.82, 2.24) is 0 Å². The second kappa shape index (κ2) is 16.3. The van der Waals surface area contributed by atoms with E-state index in [4.69, 9.17) is 10.8 Å². The van der Waals surface area contributed by atoms with Gasteiger partial charge in [-0.15, -0.1) is 6.42 Å². The van der Waals surface area contributed by atoms with Crippen LogP contribution in [0.1, 0.15) is 24.5 Å². The molecule has 2 unspecified atom stereocenters.